The van der Waals surface area contributed by atoms with Gasteiger partial charge in [0.05, 0.1) is 6.61 Å². The number of nitrogens with one attached hydrogen (secondary N) is 1. The van der Waals surface area contributed by atoms with Crippen molar-refractivity contribution in [1.82, 2.24) is 10.2 Å². The van der Waals surface area contributed by atoms with Crippen molar-refractivity contribution in [3.8, 4) is 0 Å². The van der Waals surface area contributed by atoms with Crippen LogP contribution in [0.25, 0.3) is 0 Å². The van der Waals surface area contributed by atoms with E-state index in [2.05, 4.69) is 24.1 Å². The van der Waals surface area contributed by atoms with Crippen molar-refractivity contribution in [2.45, 2.75) is 58.4 Å². The van der Waals surface area contributed by atoms with E-state index in [1.165, 1.54) is 51.6 Å². The molecule has 112 valence electrons. The minimum Gasteiger partial charge on any atom is -0.381 e. The second-order valence-corrected chi connectivity index (χ2v) is 6.49. The smallest absolute Gasteiger partial charge is 0.0547 e. The molecule has 2 rings (SSSR count). The predicted octanol–water partition coefficient (Wildman–Crippen LogP) is 2.66. The van der Waals surface area contributed by atoms with E-state index in [0.717, 1.165) is 32.3 Å². The fraction of sp³-hybridized carbons (Fsp3) is 1.00. The quantitative estimate of drug-likeness (QED) is 0.768. The lowest BCUT2D eigenvalue weighted by molar-refractivity contribution is 0.0624. The molecule has 0 spiro atoms. The lowest BCUT2D eigenvalue weighted by Crippen LogP contribution is -2.49. The van der Waals surface area contributed by atoms with Crippen molar-refractivity contribution in [2.75, 3.05) is 39.4 Å². The molecular formula is C16H32N2O. The van der Waals surface area contributed by atoms with Crippen LogP contribution in [0.15, 0.2) is 0 Å². The Kier molecular flexibility index (Phi) is 6.11. The molecule has 2 aliphatic rings. The summed E-state index contributed by atoms with van der Waals surface area (Å²) in [6.07, 6.45) is 8.15. The fourth-order valence-electron chi connectivity index (χ4n) is 3.72. The predicted molar refractivity (Wildman–Crippen MR) is 80.5 cm³/mol. The van der Waals surface area contributed by atoms with Gasteiger partial charge in [-0.25, -0.2) is 0 Å². The summed E-state index contributed by atoms with van der Waals surface area (Å²) in [6, 6.07) is 0.831. The Labute approximate surface area is 119 Å². The Bertz CT molecular complexity index is 249. The van der Waals surface area contributed by atoms with Crippen LogP contribution in [0, 0.1) is 5.41 Å². The van der Waals surface area contributed by atoms with Gasteiger partial charge in [-0.15, -0.1) is 0 Å². The molecule has 2 fully saturated rings. The topological polar surface area (TPSA) is 24.5 Å². The number of rotatable bonds is 7. The highest BCUT2D eigenvalue weighted by molar-refractivity contribution is 4.91. The van der Waals surface area contributed by atoms with Crippen molar-refractivity contribution < 1.29 is 4.74 Å². The van der Waals surface area contributed by atoms with E-state index in [4.69, 9.17) is 4.74 Å². The van der Waals surface area contributed by atoms with Crippen LogP contribution >= 0.6 is 0 Å². The van der Waals surface area contributed by atoms with Crippen LogP contribution in [0.1, 0.15) is 52.4 Å². The second-order valence-electron chi connectivity index (χ2n) is 6.49. The van der Waals surface area contributed by atoms with Gasteiger partial charge in [-0.05, 0) is 38.8 Å². The molecule has 3 nitrogen and oxygen atoms in total. The summed E-state index contributed by atoms with van der Waals surface area (Å²) in [6.45, 7) is 11.2. The molecule has 1 N–H and O–H groups in total. The van der Waals surface area contributed by atoms with E-state index >= 15 is 0 Å². The molecule has 2 atom stereocenters. The van der Waals surface area contributed by atoms with Gasteiger partial charge in [0.1, 0.15) is 0 Å². The van der Waals surface area contributed by atoms with Gasteiger partial charge in [-0.3, -0.25) is 4.90 Å². The molecule has 2 aliphatic heterocycles. The average molecular weight is 268 g/mol. The van der Waals surface area contributed by atoms with E-state index in [-0.39, 0.29) is 0 Å². The highest BCUT2D eigenvalue weighted by Crippen LogP contribution is 2.32. The van der Waals surface area contributed by atoms with Crippen LogP contribution in [0.4, 0.5) is 0 Å². The molecule has 3 heteroatoms. The van der Waals surface area contributed by atoms with Gasteiger partial charge in [-0.2, -0.15) is 0 Å². The number of hydrogen-bond acceptors (Lipinski definition) is 3. The van der Waals surface area contributed by atoms with Crippen LogP contribution in [0.5, 0.6) is 0 Å². The van der Waals surface area contributed by atoms with Crippen molar-refractivity contribution in [3.63, 3.8) is 0 Å². The first-order valence-electron chi connectivity index (χ1n) is 8.32. The molecule has 0 aliphatic carbocycles. The summed E-state index contributed by atoms with van der Waals surface area (Å²) in [5.41, 5.74) is 0.374. The van der Waals surface area contributed by atoms with E-state index in [0.29, 0.717) is 5.41 Å². The van der Waals surface area contributed by atoms with Gasteiger partial charge >= 0.3 is 0 Å². The van der Waals surface area contributed by atoms with Gasteiger partial charge in [-0.1, -0.05) is 26.7 Å². The molecule has 0 amide bonds. The van der Waals surface area contributed by atoms with Gasteiger partial charge in [0.25, 0.3) is 0 Å². The first kappa shape index (κ1) is 15.3. The van der Waals surface area contributed by atoms with Gasteiger partial charge in [0.2, 0.25) is 0 Å². The monoisotopic (exact) mass is 268 g/mol. The van der Waals surface area contributed by atoms with Crippen LogP contribution in [-0.4, -0.2) is 50.3 Å². The maximum absolute atomic E-state index is 5.73. The van der Waals surface area contributed by atoms with E-state index in [1.54, 1.807) is 0 Å². The molecule has 0 aromatic heterocycles. The van der Waals surface area contributed by atoms with Crippen LogP contribution in [-0.2, 0) is 4.74 Å². The molecule has 0 aromatic carbocycles. The molecule has 19 heavy (non-hydrogen) atoms. The summed E-state index contributed by atoms with van der Waals surface area (Å²) < 4.78 is 5.73. The first-order chi connectivity index (χ1) is 9.29. The Morgan fingerprint density at radius 2 is 2.21 bits per heavy atom. The highest BCUT2D eigenvalue weighted by Gasteiger charge is 2.38. The SMILES string of the molecule is CCCC1CCCCN1CC1(CNCC)CCOC1. The third-order valence-corrected chi connectivity index (χ3v) is 4.84. The highest BCUT2D eigenvalue weighted by atomic mass is 16.5. The summed E-state index contributed by atoms with van der Waals surface area (Å²) in [7, 11) is 0. The second kappa shape index (κ2) is 7.61. The standard InChI is InChI=1S/C16H32N2O/c1-3-7-15-8-5-6-10-18(15)13-16(12-17-4-2)9-11-19-14-16/h15,17H,3-14H2,1-2H3. The zero-order valence-corrected chi connectivity index (χ0v) is 12.9. The minimum atomic E-state index is 0.374. The van der Waals surface area contributed by atoms with Crippen LogP contribution in [0.3, 0.4) is 0 Å². The number of ether oxygens (including phenoxy) is 1. The third-order valence-electron chi connectivity index (χ3n) is 4.84. The summed E-state index contributed by atoms with van der Waals surface area (Å²) in [4.78, 5) is 2.78. The average Bonchev–Trinajstić information content (AvgIpc) is 2.88. The Morgan fingerprint density at radius 1 is 1.32 bits per heavy atom. The van der Waals surface area contributed by atoms with Crippen molar-refractivity contribution >= 4 is 0 Å². The van der Waals surface area contributed by atoms with Crippen molar-refractivity contribution in [3.05, 3.63) is 0 Å². The maximum atomic E-state index is 5.73. The van der Waals surface area contributed by atoms with E-state index in [1.807, 2.05) is 0 Å². The van der Waals surface area contributed by atoms with E-state index in [9.17, 15) is 0 Å². The van der Waals surface area contributed by atoms with E-state index < -0.39 is 0 Å². The Balaban J connectivity index is 1.94. The molecular weight excluding hydrogens is 236 g/mol. The molecule has 0 saturated carbocycles. The first-order valence-corrected chi connectivity index (χ1v) is 8.32. The number of nitrogens with zero attached hydrogens (tertiary/aromatic N) is 1. The van der Waals surface area contributed by atoms with Gasteiger partial charge in [0.15, 0.2) is 0 Å². The fourth-order valence-corrected chi connectivity index (χ4v) is 3.72. The number of piperidine rings is 1. The molecule has 0 radical (unpaired) electrons. The summed E-state index contributed by atoms with van der Waals surface area (Å²) >= 11 is 0. The lowest BCUT2D eigenvalue weighted by atomic mass is 9.84. The molecule has 2 heterocycles. The molecule has 2 unspecified atom stereocenters. The molecule has 0 bridgehead atoms. The van der Waals surface area contributed by atoms with Gasteiger partial charge < -0.3 is 10.1 Å². The normalized spacial score (nSPS) is 32.8. The molecule has 0 aromatic rings. The maximum Gasteiger partial charge on any atom is 0.0547 e. The third kappa shape index (κ3) is 4.17. The Morgan fingerprint density at radius 3 is 2.89 bits per heavy atom. The largest absolute Gasteiger partial charge is 0.381 e. The van der Waals surface area contributed by atoms with Gasteiger partial charge in [0, 0.05) is 31.2 Å². The Hall–Kier alpha value is -0.120. The van der Waals surface area contributed by atoms with Crippen LogP contribution < -0.4 is 5.32 Å². The van der Waals surface area contributed by atoms with Crippen molar-refractivity contribution in [2.24, 2.45) is 5.41 Å². The molecule has 2 saturated heterocycles. The zero-order chi connectivity index (χ0) is 13.6. The van der Waals surface area contributed by atoms with Crippen molar-refractivity contribution in [1.29, 1.82) is 0 Å². The summed E-state index contributed by atoms with van der Waals surface area (Å²) in [5.74, 6) is 0. The minimum absolute atomic E-state index is 0.374. The summed E-state index contributed by atoms with van der Waals surface area (Å²) in [5, 5.41) is 3.56. The van der Waals surface area contributed by atoms with Crippen LogP contribution in [0.2, 0.25) is 0 Å². The number of likely N-dealkylation sites (tertiary alicyclic amines) is 1. The zero-order valence-electron chi connectivity index (χ0n) is 12.9. The lowest BCUT2D eigenvalue weighted by Gasteiger charge is -2.41. The number of hydrogen-bond donors (Lipinski definition) is 1.